The zero-order chi connectivity index (χ0) is 28.9. The van der Waals surface area contributed by atoms with Crippen LogP contribution in [0.5, 0.6) is 11.5 Å². The average molecular weight is 581 g/mol. The summed E-state index contributed by atoms with van der Waals surface area (Å²) in [7, 11) is 0. The van der Waals surface area contributed by atoms with Crippen molar-refractivity contribution < 1.29 is 14.3 Å². The van der Waals surface area contributed by atoms with Gasteiger partial charge in [0.2, 0.25) is 5.95 Å². The maximum absolute atomic E-state index is 12.5. The van der Waals surface area contributed by atoms with Crippen LogP contribution in [0.25, 0.3) is 22.2 Å². The minimum Gasteiger partial charge on any atom is -0.492 e. The average Bonchev–Trinajstić information content (AvgIpc) is 3.53. The van der Waals surface area contributed by atoms with Crippen LogP contribution < -0.4 is 14.8 Å². The Bertz CT molecular complexity index is 1710. The van der Waals surface area contributed by atoms with Gasteiger partial charge in [-0.15, -0.1) is 10.2 Å². The lowest BCUT2D eigenvalue weighted by molar-refractivity contribution is 0.0734. The molecule has 5 aromatic rings. The minimum atomic E-state index is -0.499. The number of rotatable bonds is 9. The number of carbonyl (C=O) groups is 1. The Morgan fingerprint density at radius 1 is 1.00 bits per heavy atom. The van der Waals surface area contributed by atoms with Crippen molar-refractivity contribution in [3.63, 3.8) is 0 Å². The Balaban J connectivity index is 1.15. The van der Waals surface area contributed by atoms with Gasteiger partial charge in [0.15, 0.2) is 0 Å². The number of nitrogens with zero attached hydrogens (tertiary/aromatic N) is 5. The normalized spacial score (nSPS) is 13.3. The number of halogens is 1. The number of pyridine rings is 1. The number of ether oxygens (including phenoxy) is 2. The van der Waals surface area contributed by atoms with Crippen LogP contribution >= 0.6 is 11.6 Å². The summed E-state index contributed by atoms with van der Waals surface area (Å²) in [5, 5.41) is 12.4. The van der Waals surface area contributed by atoms with Gasteiger partial charge in [-0.05, 0) is 111 Å². The first kappa shape index (κ1) is 27.6. The molecule has 42 heavy (non-hydrogen) atoms. The van der Waals surface area contributed by atoms with Gasteiger partial charge >= 0.3 is 5.97 Å². The molecule has 3 heterocycles. The third-order valence-electron chi connectivity index (χ3n) is 7.09. The molecule has 0 radical (unpaired) electrons. The molecule has 1 fully saturated rings. The van der Waals surface area contributed by atoms with E-state index in [2.05, 4.69) is 25.4 Å². The van der Waals surface area contributed by atoms with E-state index in [0.717, 1.165) is 42.2 Å². The van der Waals surface area contributed by atoms with E-state index in [9.17, 15) is 4.79 Å². The van der Waals surface area contributed by atoms with Gasteiger partial charge in [0.1, 0.15) is 23.6 Å². The van der Waals surface area contributed by atoms with E-state index in [-0.39, 0.29) is 0 Å². The third-order valence-corrected chi connectivity index (χ3v) is 7.42. The third kappa shape index (κ3) is 6.48. The first-order valence-electron chi connectivity index (χ1n) is 13.8. The molecular formula is C32H29ClN6O3. The van der Waals surface area contributed by atoms with Crippen molar-refractivity contribution in [1.82, 2.24) is 25.1 Å². The van der Waals surface area contributed by atoms with E-state index in [0.29, 0.717) is 45.5 Å². The highest BCUT2D eigenvalue weighted by atomic mass is 35.5. The van der Waals surface area contributed by atoms with Gasteiger partial charge < -0.3 is 14.8 Å². The van der Waals surface area contributed by atoms with Crippen molar-refractivity contribution in [1.29, 1.82) is 0 Å². The molecule has 0 spiro atoms. The second-order valence-corrected chi connectivity index (χ2v) is 10.5. The van der Waals surface area contributed by atoms with Gasteiger partial charge in [0.25, 0.3) is 0 Å². The van der Waals surface area contributed by atoms with E-state index >= 15 is 0 Å². The SMILES string of the molecule is Cc1cc(-c2cc(OC(=O)c3cccnc3)ccc2Cl)cc2nnc(Nc3ccc(OCCN4CCCC4)cc3)nc12. The van der Waals surface area contributed by atoms with Crippen LogP contribution in [0.1, 0.15) is 28.8 Å². The van der Waals surface area contributed by atoms with Crippen molar-refractivity contribution >= 4 is 40.2 Å². The van der Waals surface area contributed by atoms with Gasteiger partial charge in [0, 0.05) is 35.2 Å². The number of aromatic nitrogens is 4. The van der Waals surface area contributed by atoms with Crippen LogP contribution in [0, 0.1) is 6.92 Å². The Labute approximate surface area is 248 Å². The number of hydrogen-bond acceptors (Lipinski definition) is 9. The molecule has 212 valence electrons. The summed E-state index contributed by atoms with van der Waals surface area (Å²) in [6.07, 6.45) is 5.62. The summed E-state index contributed by atoms with van der Waals surface area (Å²) in [5.41, 5.74) is 4.93. The number of fused-ring (bicyclic) bond motifs is 1. The molecule has 6 rings (SSSR count). The molecule has 1 N–H and O–H groups in total. The summed E-state index contributed by atoms with van der Waals surface area (Å²) in [5.74, 6) is 1.09. The summed E-state index contributed by atoms with van der Waals surface area (Å²) in [4.78, 5) is 23.6. The fraction of sp³-hybridized carbons (Fsp3) is 0.219. The fourth-order valence-electron chi connectivity index (χ4n) is 4.92. The first-order valence-corrected chi connectivity index (χ1v) is 14.2. The van der Waals surface area contributed by atoms with E-state index in [4.69, 9.17) is 26.1 Å². The maximum atomic E-state index is 12.5. The second-order valence-electron chi connectivity index (χ2n) is 10.1. The van der Waals surface area contributed by atoms with Crippen LogP contribution in [-0.4, -0.2) is 57.3 Å². The minimum absolute atomic E-state index is 0.360. The molecule has 1 saturated heterocycles. The van der Waals surface area contributed by atoms with Crippen LogP contribution in [0.15, 0.2) is 79.1 Å². The van der Waals surface area contributed by atoms with Crippen molar-refractivity contribution in [2.45, 2.75) is 19.8 Å². The number of benzene rings is 3. The summed E-state index contributed by atoms with van der Waals surface area (Å²) < 4.78 is 11.5. The lowest BCUT2D eigenvalue weighted by Gasteiger charge is -2.15. The molecule has 1 aliphatic heterocycles. The van der Waals surface area contributed by atoms with E-state index in [1.54, 1.807) is 36.5 Å². The number of nitrogens with one attached hydrogen (secondary N) is 1. The molecule has 0 atom stereocenters. The highest BCUT2D eigenvalue weighted by Crippen LogP contribution is 2.34. The predicted octanol–water partition coefficient (Wildman–Crippen LogP) is 6.49. The highest BCUT2D eigenvalue weighted by Gasteiger charge is 2.14. The highest BCUT2D eigenvalue weighted by molar-refractivity contribution is 6.33. The fourth-order valence-corrected chi connectivity index (χ4v) is 5.15. The van der Waals surface area contributed by atoms with Gasteiger partial charge in [-0.2, -0.15) is 0 Å². The Morgan fingerprint density at radius 3 is 2.60 bits per heavy atom. The van der Waals surface area contributed by atoms with Gasteiger partial charge in [-0.25, -0.2) is 9.78 Å². The number of aryl methyl sites for hydroxylation is 1. The topological polar surface area (TPSA) is 102 Å². The zero-order valence-electron chi connectivity index (χ0n) is 23.1. The quantitative estimate of drug-likeness (QED) is 0.155. The second kappa shape index (κ2) is 12.5. The Kier molecular flexibility index (Phi) is 8.21. The number of anilines is 2. The Hall–Kier alpha value is -4.60. The molecular weight excluding hydrogens is 552 g/mol. The largest absolute Gasteiger partial charge is 0.492 e. The standard InChI is InChI=1S/C32H29ClN6O3/c1-21-17-23(27-19-26(10-11-28(27)33)42-31(40)22-5-4-12-34-20-22)18-29-30(21)36-32(38-37-29)35-24-6-8-25(9-7-24)41-16-15-39-13-2-3-14-39/h4-12,17-20H,2-3,13-16H2,1H3,(H,35,36,38). The maximum Gasteiger partial charge on any atom is 0.345 e. The molecule has 1 aliphatic rings. The van der Waals surface area contributed by atoms with Crippen molar-refractivity contribution in [3.05, 3.63) is 95.3 Å². The number of likely N-dealkylation sites (tertiary alicyclic amines) is 1. The van der Waals surface area contributed by atoms with Gasteiger partial charge in [-0.1, -0.05) is 11.6 Å². The summed E-state index contributed by atoms with van der Waals surface area (Å²) in [6.45, 7) is 5.92. The van der Waals surface area contributed by atoms with Gasteiger partial charge in [0.05, 0.1) is 11.1 Å². The molecule has 2 aromatic heterocycles. The summed E-state index contributed by atoms with van der Waals surface area (Å²) in [6, 6.07) is 20.0. The molecule has 0 aliphatic carbocycles. The van der Waals surface area contributed by atoms with Crippen molar-refractivity contribution in [2.24, 2.45) is 0 Å². The smallest absolute Gasteiger partial charge is 0.345 e. The predicted molar refractivity (Wildman–Crippen MR) is 163 cm³/mol. The number of carbonyl (C=O) groups excluding carboxylic acids is 1. The molecule has 9 nitrogen and oxygen atoms in total. The molecule has 0 unspecified atom stereocenters. The lowest BCUT2D eigenvalue weighted by Crippen LogP contribution is -2.25. The zero-order valence-corrected chi connectivity index (χ0v) is 23.8. The van der Waals surface area contributed by atoms with Crippen LogP contribution in [0.4, 0.5) is 11.6 Å². The molecule has 10 heteroatoms. The molecule has 0 bridgehead atoms. The van der Waals surface area contributed by atoms with Crippen molar-refractivity contribution in [2.75, 3.05) is 31.6 Å². The monoisotopic (exact) mass is 580 g/mol. The molecule has 3 aromatic carbocycles. The molecule has 0 amide bonds. The van der Waals surface area contributed by atoms with Crippen LogP contribution in [0.2, 0.25) is 5.02 Å². The van der Waals surface area contributed by atoms with Crippen LogP contribution in [0.3, 0.4) is 0 Å². The van der Waals surface area contributed by atoms with E-state index in [1.165, 1.54) is 19.0 Å². The first-order chi connectivity index (χ1) is 20.5. The van der Waals surface area contributed by atoms with Gasteiger partial charge in [-0.3, -0.25) is 9.88 Å². The lowest BCUT2D eigenvalue weighted by atomic mass is 10.0. The van der Waals surface area contributed by atoms with E-state index in [1.807, 2.05) is 43.3 Å². The number of hydrogen-bond donors (Lipinski definition) is 1. The number of esters is 1. The van der Waals surface area contributed by atoms with Crippen LogP contribution in [-0.2, 0) is 0 Å². The van der Waals surface area contributed by atoms with E-state index < -0.39 is 5.97 Å². The van der Waals surface area contributed by atoms with Crippen molar-refractivity contribution in [3.8, 4) is 22.6 Å². The summed E-state index contributed by atoms with van der Waals surface area (Å²) >= 11 is 6.55. The Morgan fingerprint density at radius 2 is 1.81 bits per heavy atom. The molecule has 0 saturated carbocycles.